The van der Waals surface area contributed by atoms with Gasteiger partial charge < -0.3 is 4.74 Å². The molecule has 1 aromatic carbocycles. The maximum Gasteiger partial charge on any atom is 0.266 e. The van der Waals surface area contributed by atoms with Crippen LogP contribution in [0.5, 0.6) is 5.75 Å². The van der Waals surface area contributed by atoms with E-state index in [-0.39, 0.29) is 10.7 Å². The molecular weight excluding hydrogens is 334 g/mol. The van der Waals surface area contributed by atoms with Crippen LogP contribution in [0.2, 0.25) is 0 Å². The van der Waals surface area contributed by atoms with Crippen LogP contribution >= 0.6 is 0 Å². The van der Waals surface area contributed by atoms with E-state index in [1.54, 1.807) is 24.3 Å². The number of nitrogens with zero attached hydrogens (tertiary/aromatic N) is 3. The molecule has 24 heavy (non-hydrogen) atoms. The van der Waals surface area contributed by atoms with Crippen molar-refractivity contribution in [1.82, 2.24) is 20.0 Å². The molecule has 0 saturated heterocycles. The zero-order valence-electron chi connectivity index (χ0n) is 12.5. The van der Waals surface area contributed by atoms with Crippen LogP contribution in [0.25, 0.3) is 5.69 Å². The highest BCUT2D eigenvalue weighted by Gasteiger charge is 2.18. The molecule has 0 aliphatic heterocycles. The molecule has 0 aliphatic carbocycles. The molecule has 3 aromatic rings. The number of methoxy groups -OCH3 is 1. The molecule has 3 rings (SSSR count). The number of ether oxygens (including phenoxy) is 1. The quantitative estimate of drug-likeness (QED) is 0.703. The highest BCUT2D eigenvalue weighted by Crippen LogP contribution is 2.23. The lowest BCUT2D eigenvalue weighted by atomic mass is 10.3. The standard InChI is InChI=1S/C14H13N5O4S/c1-23-12-5-3-2-4-11(12)19-9-10(8-15-19)24(21,22)18-13-6-7-14(20)17-16-13/h2-9H,1H3,(H,16,18)(H,17,20). The van der Waals surface area contributed by atoms with Crippen LogP contribution in [0.4, 0.5) is 5.82 Å². The Morgan fingerprint density at radius 1 is 1.21 bits per heavy atom. The molecule has 0 atom stereocenters. The van der Waals surface area contributed by atoms with E-state index in [4.69, 9.17) is 4.74 Å². The number of hydrogen-bond donors (Lipinski definition) is 2. The minimum absolute atomic E-state index is 0.000332. The molecule has 124 valence electrons. The van der Waals surface area contributed by atoms with E-state index < -0.39 is 15.6 Å². The molecule has 0 aliphatic rings. The summed E-state index contributed by atoms with van der Waals surface area (Å²) in [5, 5.41) is 9.81. The summed E-state index contributed by atoms with van der Waals surface area (Å²) in [4.78, 5) is 10.9. The highest BCUT2D eigenvalue weighted by molar-refractivity contribution is 7.92. The number of benzene rings is 1. The van der Waals surface area contributed by atoms with Gasteiger partial charge in [-0.25, -0.2) is 18.2 Å². The van der Waals surface area contributed by atoms with Crippen LogP contribution in [0.15, 0.2) is 58.5 Å². The fourth-order valence-electron chi connectivity index (χ4n) is 1.99. The van der Waals surface area contributed by atoms with E-state index >= 15 is 0 Å². The second-order valence-electron chi connectivity index (χ2n) is 4.70. The van der Waals surface area contributed by atoms with E-state index in [1.165, 1.54) is 36.3 Å². The van der Waals surface area contributed by atoms with Gasteiger partial charge in [-0.3, -0.25) is 9.52 Å². The Hall–Kier alpha value is -3.14. The minimum Gasteiger partial charge on any atom is -0.494 e. The largest absolute Gasteiger partial charge is 0.494 e. The number of aromatic nitrogens is 4. The summed E-state index contributed by atoms with van der Waals surface area (Å²) >= 11 is 0. The van der Waals surface area contributed by atoms with E-state index in [1.807, 2.05) is 0 Å². The van der Waals surface area contributed by atoms with Gasteiger partial charge in [-0.1, -0.05) is 12.1 Å². The Labute approximate surface area is 137 Å². The molecule has 0 bridgehead atoms. The number of nitrogens with one attached hydrogen (secondary N) is 2. The molecule has 0 spiro atoms. The summed E-state index contributed by atoms with van der Waals surface area (Å²) in [7, 11) is -2.37. The fraction of sp³-hybridized carbons (Fsp3) is 0.0714. The second-order valence-corrected chi connectivity index (χ2v) is 6.39. The maximum atomic E-state index is 12.4. The molecule has 0 amide bonds. The van der Waals surface area contributed by atoms with Crippen molar-refractivity contribution in [2.24, 2.45) is 0 Å². The molecule has 0 radical (unpaired) electrons. The summed E-state index contributed by atoms with van der Waals surface area (Å²) < 4.78 is 33.6. The lowest BCUT2D eigenvalue weighted by Gasteiger charge is -2.07. The van der Waals surface area contributed by atoms with E-state index in [0.29, 0.717) is 11.4 Å². The summed E-state index contributed by atoms with van der Waals surface area (Å²) in [6.07, 6.45) is 2.56. The first-order valence-electron chi connectivity index (χ1n) is 6.76. The van der Waals surface area contributed by atoms with E-state index in [0.717, 1.165) is 0 Å². The van der Waals surface area contributed by atoms with Gasteiger partial charge in [0, 0.05) is 6.07 Å². The topological polar surface area (TPSA) is 119 Å². The van der Waals surface area contributed by atoms with Crippen LogP contribution < -0.4 is 15.0 Å². The summed E-state index contributed by atoms with van der Waals surface area (Å²) in [6, 6.07) is 9.51. The normalized spacial score (nSPS) is 11.2. The van der Waals surface area contributed by atoms with Crippen LogP contribution in [0.3, 0.4) is 0 Å². The Bertz CT molecular complexity index is 1000. The van der Waals surface area contributed by atoms with Gasteiger partial charge >= 0.3 is 0 Å². The predicted molar refractivity (Wildman–Crippen MR) is 85.8 cm³/mol. The molecule has 9 nitrogen and oxygen atoms in total. The first kappa shape index (κ1) is 15.7. The van der Waals surface area contributed by atoms with Crippen molar-refractivity contribution in [2.45, 2.75) is 4.90 Å². The van der Waals surface area contributed by atoms with Crippen molar-refractivity contribution in [3.63, 3.8) is 0 Å². The Morgan fingerprint density at radius 3 is 2.71 bits per heavy atom. The van der Waals surface area contributed by atoms with Gasteiger partial charge in [0.05, 0.1) is 19.5 Å². The first-order chi connectivity index (χ1) is 11.5. The van der Waals surface area contributed by atoms with Crippen molar-refractivity contribution in [1.29, 1.82) is 0 Å². The monoisotopic (exact) mass is 347 g/mol. The number of sulfonamides is 1. The first-order valence-corrected chi connectivity index (χ1v) is 8.24. The molecule has 0 saturated carbocycles. The molecular formula is C14H13N5O4S. The zero-order chi connectivity index (χ0) is 17.2. The average Bonchev–Trinajstić information content (AvgIpc) is 3.07. The molecule has 0 fully saturated rings. The maximum absolute atomic E-state index is 12.4. The lowest BCUT2D eigenvalue weighted by molar-refractivity contribution is 0.411. The van der Waals surface area contributed by atoms with Crippen molar-refractivity contribution < 1.29 is 13.2 Å². The Kier molecular flexibility index (Phi) is 4.04. The number of aromatic amines is 1. The molecule has 2 heterocycles. The molecule has 2 N–H and O–H groups in total. The van der Waals surface area contributed by atoms with Gasteiger partial charge in [0.25, 0.3) is 15.6 Å². The van der Waals surface area contributed by atoms with Crippen LogP contribution in [0.1, 0.15) is 0 Å². The van der Waals surface area contributed by atoms with Gasteiger partial charge in [-0.15, -0.1) is 0 Å². The summed E-state index contributed by atoms with van der Waals surface area (Å²) in [5.41, 5.74) is 0.172. The van der Waals surface area contributed by atoms with Crippen LogP contribution in [-0.2, 0) is 10.0 Å². The SMILES string of the molecule is COc1ccccc1-n1cc(S(=O)(=O)Nc2ccc(=O)[nH]n2)cn1. The highest BCUT2D eigenvalue weighted by atomic mass is 32.2. The van der Waals surface area contributed by atoms with Crippen molar-refractivity contribution >= 4 is 15.8 Å². The number of hydrogen-bond acceptors (Lipinski definition) is 6. The Balaban J connectivity index is 1.91. The Morgan fingerprint density at radius 2 is 2.00 bits per heavy atom. The van der Waals surface area contributed by atoms with Crippen molar-refractivity contribution in [2.75, 3.05) is 11.8 Å². The van der Waals surface area contributed by atoms with Crippen molar-refractivity contribution in [3.8, 4) is 11.4 Å². The predicted octanol–water partition coefficient (Wildman–Crippen LogP) is 0.765. The van der Waals surface area contributed by atoms with E-state index in [2.05, 4.69) is 20.0 Å². The van der Waals surface area contributed by atoms with Crippen molar-refractivity contribution in [3.05, 3.63) is 59.1 Å². The summed E-state index contributed by atoms with van der Waals surface area (Å²) in [6.45, 7) is 0. The van der Waals surface area contributed by atoms with Gasteiger partial charge in [-0.2, -0.15) is 10.2 Å². The van der Waals surface area contributed by atoms with Gasteiger partial charge in [0.1, 0.15) is 16.3 Å². The third-order valence-corrected chi connectivity index (χ3v) is 4.43. The van der Waals surface area contributed by atoms with Gasteiger partial charge in [0.15, 0.2) is 5.82 Å². The third kappa shape index (κ3) is 3.13. The second kappa shape index (κ2) is 6.16. The van der Waals surface area contributed by atoms with Gasteiger partial charge in [0.2, 0.25) is 0 Å². The van der Waals surface area contributed by atoms with Crippen LogP contribution in [-0.4, -0.2) is 35.5 Å². The minimum atomic E-state index is -3.89. The molecule has 2 aromatic heterocycles. The molecule has 0 unspecified atom stereocenters. The number of anilines is 1. The zero-order valence-corrected chi connectivity index (χ0v) is 13.3. The third-order valence-electron chi connectivity index (χ3n) is 3.12. The van der Waals surface area contributed by atoms with Gasteiger partial charge in [-0.05, 0) is 18.2 Å². The lowest BCUT2D eigenvalue weighted by Crippen LogP contribution is -2.16. The average molecular weight is 347 g/mol. The number of H-pyrrole nitrogens is 1. The number of rotatable bonds is 5. The smallest absolute Gasteiger partial charge is 0.266 e. The number of para-hydroxylation sites is 2. The van der Waals surface area contributed by atoms with Crippen LogP contribution in [0, 0.1) is 0 Å². The van der Waals surface area contributed by atoms with E-state index in [9.17, 15) is 13.2 Å². The molecule has 10 heteroatoms. The fourth-order valence-corrected chi connectivity index (χ4v) is 2.93. The summed E-state index contributed by atoms with van der Waals surface area (Å²) in [5.74, 6) is 0.555.